The summed E-state index contributed by atoms with van der Waals surface area (Å²) >= 11 is 1.55. The highest BCUT2D eigenvalue weighted by molar-refractivity contribution is 7.13. The molecule has 0 fully saturated rings. The van der Waals surface area contributed by atoms with Crippen molar-refractivity contribution in [3.8, 4) is 10.6 Å². The van der Waals surface area contributed by atoms with Gasteiger partial charge in [0.2, 0.25) is 5.91 Å². The van der Waals surface area contributed by atoms with Crippen LogP contribution in [-0.2, 0) is 17.6 Å². The topological polar surface area (TPSA) is 54.9 Å². The minimum atomic E-state index is 0.00964. The lowest BCUT2D eigenvalue weighted by Gasteiger charge is -2.07. The van der Waals surface area contributed by atoms with Crippen LogP contribution in [0.2, 0.25) is 0 Å². The summed E-state index contributed by atoms with van der Waals surface area (Å²) in [7, 11) is 0. The highest BCUT2D eigenvalue weighted by Crippen LogP contribution is 2.22. The maximum absolute atomic E-state index is 12.1. The zero-order chi connectivity index (χ0) is 17.6. The fourth-order valence-corrected chi connectivity index (χ4v) is 3.37. The summed E-state index contributed by atoms with van der Waals surface area (Å²) in [5, 5.41) is 5.84. The molecule has 0 radical (unpaired) electrons. The van der Waals surface area contributed by atoms with E-state index in [-0.39, 0.29) is 5.91 Å². The van der Waals surface area contributed by atoms with E-state index in [9.17, 15) is 4.79 Å². The summed E-state index contributed by atoms with van der Waals surface area (Å²) < 4.78 is 0. The number of aromatic nitrogens is 2. The Morgan fingerprint density at radius 1 is 1.12 bits per heavy atom. The van der Waals surface area contributed by atoms with Crippen LogP contribution in [0.5, 0.6) is 0 Å². The molecular formula is C20H21N3OS. The Morgan fingerprint density at radius 2 is 1.92 bits per heavy atom. The monoisotopic (exact) mass is 351 g/mol. The van der Waals surface area contributed by atoms with Crippen molar-refractivity contribution in [1.82, 2.24) is 15.3 Å². The van der Waals surface area contributed by atoms with Crippen molar-refractivity contribution in [2.45, 2.75) is 26.7 Å². The first-order valence-electron chi connectivity index (χ1n) is 8.29. The standard InChI is InChI=1S/C20H21N3OS/c1-14-3-4-16(11-15(14)2)5-10-22-19(24)12-18-13-25-20(23-18)17-6-8-21-9-7-17/h3-4,6-9,11,13H,5,10,12H2,1-2H3,(H,22,24). The second kappa shape index (κ2) is 8.03. The van der Waals surface area contributed by atoms with E-state index in [2.05, 4.69) is 47.3 Å². The Balaban J connectivity index is 1.49. The van der Waals surface area contributed by atoms with Crippen molar-refractivity contribution in [1.29, 1.82) is 0 Å². The minimum absolute atomic E-state index is 0.00964. The van der Waals surface area contributed by atoms with Crippen LogP contribution in [0.1, 0.15) is 22.4 Å². The Labute approximate surface area is 152 Å². The fraction of sp³-hybridized carbons (Fsp3) is 0.250. The van der Waals surface area contributed by atoms with Crippen molar-refractivity contribution in [3.63, 3.8) is 0 Å². The molecule has 0 atom stereocenters. The van der Waals surface area contributed by atoms with Crippen molar-refractivity contribution >= 4 is 17.2 Å². The van der Waals surface area contributed by atoms with E-state index in [1.807, 2.05) is 17.5 Å². The molecule has 0 aliphatic heterocycles. The number of nitrogens with one attached hydrogen (secondary N) is 1. The van der Waals surface area contributed by atoms with Crippen LogP contribution in [0, 0.1) is 13.8 Å². The molecular weight excluding hydrogens is 330 g/mol. The van der Waals surface area contributed by atoms with Crippen LogP contribution < -0.4 is 5.32 Å². The molecule has 1 aromatic carbocycles. The van der Waals surface area contributed by atoms with Crippen LogP contribution >= 0.6 is 11.3 Å². The van der Waals surface area contributed by atoms with Crippen LogP contribution in [0.25, 0.3) is 10.6 Å². The van der Waals surface area contributed by atoms with Crippen LogP contribution in [0.3, 0.4) is 0 Å². The van der Waals surface area contributed by atoms with E-state index >= 15 is 0 Å². The fourth-order valence-electron chi connectivity index (χ4n) is 2.55. The van der Waals surface area contributed by atoms with Crippen molar-refractivity contribution < 1.29 is 4.79 Å². The van der Waals surface area contributed by atoms with Gasteiger partial charge in [0.05, 0.1) is 12.1 Å². The number of hydrogen-bond donors (Lipinski definition) is 1. The van der Waals surface area contributed by atoms with Gasteiger partial charge in [0, 0.05) is 29.9 Å². The number of carbonyl (C=O) groups excluding carboxylic acids is 1. The van der Waals surface area contributed by atoms with E-state index < -0.39 is 0 Å². The molecule has 1 N–H and O–H groups in total. The van der Waals surface area contributed by atoms with Crippen LogP contribution in [0.15, 0.2) is 48.1 Å². The van der Waals surface area contributed by atoms with Gasteiger partial charge in [-0.2, -0.15) is 0 Å². The molecule has 0 saturated carbocycles. The summed E-state index contributed by atoms with van der Waals surface area (Å²) in [6, 6.07) is 10.3. The first-order chi connectivity index (χ1) is 12.1. The summed E-state index contributed by atoms with van der Waals surface area (Å²) in [6.07, 6.45) is 4.65. The molecule has 0 aliphatic rings. The third-order valence-electron chi connectivity index (χ3n) is 4.13. The molecule has 0 spiro atoms. The number of aryl methyl sites for hydroxylation is 2. The zero-order valence-electron chi connectivity index (χ0n) is 14.5. The molecule has 0 saturated heterocycles. The van der Waals surface area contributed by atoms with Gasteiger partial charge in [-0.25, -0.2) is 4.98 Å². The van der Waals surface area contributed by atoms with E-state index in [0.717, 1.165) is 22.7 Å². The summed E-state index contributed by atoms with van der Waals surface area (Å²) in [4.78, 5) is 20.7. The lowest BCUT2D eigenvalue weighted by molar-refractivity contribution is -0.120. The number of rotatable bonds is 6. The summed E-state index contributed by atoms with van der Waals surface area (Å²) in [5.74, 6) is 0.00964. The van der Waals surface area contributed by atoms with E-state index in [4.69, 9.17) is 0 Å². The van der Waals surface area contributed by atoms with E-state index in [1.165, 1.54) is 16.7 Å². The van der Waals surface area contributed by atoms with Crippen LogP contribution in [0.4, 0.5) is 0 Å². The second-order valence-corrected chi connectivity index (χ2v) is 6.93. The number of hydrogen-bond acceptors (Lipinski definition) is 4. The molecule has 0 aliphatic carbocycles. The first-order valence-corrected chi connectivity index (χ1v) is 9.17. The largest absolute Gasteiger partial charge is 0.355 e. The van der Waals surface area contributed by atoms with Gasteiger partial charge in [-0.1, -0.05) is 18.2 Å². The number of pyridine rings is 1. The van der Waals surface area contributed by atoms with Gasteiger partial charge in [-0.05, 0) is 49.1 Å². The minimum Gasteiger partial charge on any atom is -0.355 e. The Kier molecular flexibility index (Phi) is 5.56. The molecule has 2 aromatic heterocycles. The van der Waals surface area contributed by atoms with Crippen molar-refractivity contribution in [2.75, 3.05) is 6.54 Å². The predicted molar refractivity (Wildman–Crippen MR) is 102 cm³/mol. The first kappa shape index (κ1) is 17.3. The normalized spacial score (nSPS) is 10.6. The smallest absolute Gasteiger partial charge is 0.226 e. The molecule has 5 heteroatoms. The van der Waals surface area contributed by atoms with Crippen molar-refractivity contribution in [3.05, 3.63) is 70.5 Å². The van der Waals surface area contributed by atoms with E-state index in [0.29, 0.717) is 13.0 Å². The zero-order valence-corrected chi connectivity index (χ0v) is 15.3. The van der Waals surface area contributed by atoms with Gasteiger partial charge in [0.1, 0.15) is 5.01 Å². The number of carbonyl (C=O) groups is 1. The van der Waals surface area contributed by atoms with E-state index in [1.54, 1.807) is 23.7 Å². The Morgan fingerprint density at radius 3 is 2.68 bits per heavy atom. The molecule has 3 rings (SSSR count). The SMILES string of the molecule is Cc1ccc(CCNC(=O)Cc2csc(-c3ccncc3)n2)cc1C. The predicted octanol–water partition coefficient (Wildman–Crippen LogP) is 3.72. The quantitative estimate of drug-likeness (QED) is 0.736. The average molecular weight is 351 g/mol. The molecule has 128 valence electrons. The average Bonchev–Trinajstić information content (AvgIpc) is 3.07. The summed E-state index contributed by atoms with van der Waals surface area (Å²) in [5.41, 5.74) is 5.66. The van der Waals surface area contributed by atoms with Gasteiger partial charge in [0.25, 0.3) is 0 Å². The molecule has 4 nitrogen and oxygen atoms in total. The summed E-state index contributed by atoms with van der Waals surface area (Å²) in [6.45, 7) is 4.86. The van der Waals surface area contributed by atoms with Crippen molar-refractivity contribution in [2.24, 2.45) is 0 Å². The Hall–Kier alpha value is -2.53. The Bertz CT molecular complexity index is 858. The number of benzene rings is 1. The lowest BCUT2D eigenvalue weighted by atomic mass is 10.0. The molecule has 25 heavy (non-hydrogen) atoms. The van der Waals surface area contributed by atoms with Gasteiger partial charge >= 0.3 is 0 Å². The van der Waals surface area contributed by atoms with Gasteiger partial charge in [0.15, 0.2) is 0 Å². The molecule has 3 aromatic rings. The van der Waals surface area contributed by atoms with Gasteiger partial charge in [-0.15, -0.1) is 11.3 Å². The molecule has 0 unspecified atom stereocenters. The third-order valence-corrected chi connectivity index (χ3v) is 5.07. The molecule has 1 amide bonds. The van der Waals surface area contributed by atoms with Gasteiger partial charge < -0.3 is 5.32 Å². The van der Waals surface area contributed by atoms with Crippen LogP contribution in [-0.4, -0.2) is 22.4 Å². The number of nitrogens with zero attached hydrogens (tertiary/aromatic N) is 2. The maximum atomic E-state index is 12.1. The molecule has 2 heterocycles. The highest BCUT2D eigenvalue weighted by atomic mass is 32.1. The lowest BCUT2D eigenvalue weighted by Crippen LogP contribution is -2.27. The maximum Gasteiger partial charge on any atom is 0.226 e. The third kappa shape index (κ3) is 4.73. The second-order valence-electron chi connectivity index (χ2n) is 6.08. The molecule has 0 bridgehead atoms. The number of thiazole rings is 1. The van der Waals surface area contributed by atoms with Gasteiger partial charge in [-0.3, -0.25) is 9.78 Å². The number of amides is 1. The highest BCUT2D eigenvalue weighted by Gasteiger charge is 2.09.